The normalized spacial score (nSPS) is 12.6. The third-order valence-corrected chi connectivity index (χ3v) is 14.0. The van der Waals surface area contributed by atoms with E-state index in [1.54, 1.807) is 0 Å². The summed E-state index contributed by atoms with van der Waals surface area (Å²) in [4.78, 5) is 2.45. The van der Waals surface area contributed by atoms with Crippen LogP contribution < -0.4 is 4.90 Å². The van der Waals surface area contributed by atoms with E-state index >= 15 is 0 Å². The van der Waals surface area contributed by atoms with Gasteiger partial charge in [-0.25, -0.2) is 0 Å². The number of fused-ring (bicyclic) bond motifs is 7. The monoisotopic (exact) mass is 853 g/mol. The molecule has 0 saturated heterocycles. The van der Waals surface area contributed by atoms with Gasteiger partial charge in [0.2, 0.25) is 0 Å². The molecule has 0 amide bonds. The highest BCUT2D eigenvalue weighted by molar-refractivity contribution is 6.14. The van der Waals surface area contributed by atoms with Crippen LogP contribution in [0.15, 0.2) is 265 Å². The third kappa shape index (κ3) is 6.26. The SMILES string of the molecule is c1ccc(C2(c3ccccc3)c3ccccc3-c3ccc(N(c4ccc(-c5ccc(-c6ccc7ccccc7c6)cc5)cc4)c4ccccc4-c4cccc5oc6ccccc6c45)cc32)cc1. The Morgan fingerprint density at radius 1 is 0.313 bits per heavy atom. The van der Waals surface area contributed by atoms with Gasteiger partial charge in [0.05, 0.1) is 11.1 Å². The first-order chi connectivity index (χ1) is 33.2. The van der Waals surface area contributed by atoms with Crippen molar-refractivity contribution in [3.8, 4) is 44.5 Å². The van der Waals surface area contributed by atoms with Crippen LogP contribution in [0.2, 0.25) is 0 Å². The van der Waals surface area contributed by atoms with Crippen molar-refractivity contribution in [1.82, 2.24) is 0 Å². The van der Waals surface area contributed by atoms with E-state index in [0.717, 1.165) is 55.7 Å². The van der Waals surface area contributed by atoms with Crippen LogP contribution in [0.4, 0.5) is 17.1 Å². The first kappa shape index (κ1) is 38.7. The minimum Gasteiger partial charge on any atom is -0.456 e. The molecule has 2 nitrogen and oxygen atoms in total. The molecule has 12 aromatic rings. The second-order valence-corrected chi connectivity index (χ2v) is 17.6. The predicted octanol–water partition coefficient (Wildman–Crippen LogP) is 17.6. The van der Waals surface area contributed by atoms with Gasteiger partial charge in [-0.05, 0) is 121 Å². The Hall–Kier alpha value is -8.72. The molecular weight excluding hydrogens is 811 g/mol. The number of rotatable bonds is 8. The molecule has 1 aromatic heterocycles. The molecule has 11 aromatic carbocycles. The second kappa shape index (κ2) is 15.8. The minimum absolute atomic E-state index is 0.542. The molecule has 1 aliphatic rings. The maximum Gasteiger partial charge on any atom is 0.136 e. The highest BCUT2D eigenvalue weighted by Crippen LogP contribution is 2.57. The van der Waals surface area contributed by atoms with Gasteiger partial charge in [-0.3, -0.25) is 0 Å². The summed E-state index contributed by atoms with van der Waals surface area (Å²) in [5.41, 5.74) is 19.0. The van der Waals surface area contributed by atoms with Gasteiger partial charge in [-0.1, -0.05) is 212 Å². The first-order valence-corrected chi connectivity index (χ1v) is 23.1. The molecule has 0 atom stereocenters. The van der Waals surface area contributed by atoms with Crippen molar-refractivity contribution < 1.29 is 4.42 Å². The standard InChI is InChI=1S/C65H43NO/c1-3-18-50(19-4-1)65(51-20-5-2-6-21-51)59-26-12-9-22-54(59)55-41-40-53(43-60(55)65)66(61-27-13-10-23-56(61)57-25-15-29-63-64(57)58-24-11-14-28-62(58)67-63)52-38-36-46(37-39-52)45-30-32-47(33-31-45)49-35-34-44-16-7-8-17-48(44)42-49/h1-43H. The maximum atomic E-state index is 6.46. The Bertz CT molecular complexity index is 3750. The summed E-state index contributed by atoms with van der Waals surface area (Å²) in [6.45, 7) is 0. The lowest BCUT2D eigenvalue weighted by Crippen LogP contribution is -2.28. The molecule has 0 spiro atoms. The second-order valence-electron chi connectivity index (χ2n) is 17.6. The topological polar surface area (TPSA) is 16.4 Å². The Morgan fingerprint density at radius 3 is 1.61 bits per heavy atom. The van der Waals surface area contributed by atoms with E-state index < -0.39 is 5.41 Å². The number of nitrogens with zero attached hydrogens (tertiary/aromatic N) is 1. The van der Waals surface area contributed by atoms with E-state index in [9.17, 15) is 0 Å². The smallest absolute Gasteiger partial charge is 0.136 e. The van der Waals surface area contributed by atoms with Crippen molar-refractivity contribution in [1.29, 1.82) is 0 Å². The van der Waals surface area contributed by atoms with Gasteiger partial charge in [0.25, 0.3) is 0 Å². The van der Waals surface area contributed by atoms with E-state index in [-0.39, 0.29) is 0 Å². The summed E-state index contributed by atoms with van der Waals surface area (Å²) in [6.07, 6.45) is 0. The number of hydrogen-bond donors (Lipinski definition) is 0. The number of hydrogen-bond acceptors (Lipinski definition) is 2. The molecule has 0 N–H and O–H groups in total. The predicted molar refractivity (Wildman–Crippen MR) is 280 cm³/mol. The number of benzene rings is 11. The highest BCUT2D eigenvalue weighted by atomic mass is 16.3. The molecule has 0 fully saturated rings. The lowest BCUT2D eigenvalue weighted by molar-refractivity contribution is 0.669. The average Bonchev–Trinajstić information content (AvgIpc) is 3.93. The van der Waals surface area contributed by atoms with Crippen molar-refractivity contribution in [3.05, 3.63) is 283 Å². The molecule has 1 heterocycles. The molecular formula is C65H43NO. The molecule has 1 aliphatic carbocycles. The zero-order chi connectivity index (χ0) is 44.3. The van der Waals surface area contributed by atoms with Crippen LogP contribution in [0.5, 0.6) is 0 Å². The summed E-state index contributed by atoms with van der Waals surface area (Å²) in [7, 11) is 0. The molecule has 0 radical (unpaired) electrons. The van der Waals surface area contributed by atoms with E-state index in [1.165, 1.54) is 60.8 Å². The Morgan fingerprint density at radius 2 is 0.851 bits per heavy atom. The molecule has 2 heteroatoms. The van der Waals surface area contributed by atoms with E-state index in [4.69, 9.17) is 4.42 Å². The molecule has 67 heavy (non-hydrogen) atoms. The molecule has 0 unspecified atom stereocenters. The van der Waals surface area contributed by atoms with Gasteiger partial charge < -0.3 is 9.32 Å². The summed E-state index contributed by atoms with van der Waals surface area (Å²) in [6, 6.07) is 95.1. The average molecular weight is 854 g/mol. The quantitative estimate of drug-likeness (QED) is 0.151. The van der Waals surface area contributed by atoms with E-state index in [1.807, 2.05) is 6.07 Å². The molecule has 0 aliphatic heterocycles. The molecule has 0 saturated carbocycles. The Kier molecular flexibility index (Phi) is 9.11. The van der Waals surface area contributed by atoms with Crippen molar-refractivity contribution in [3.63, 3.8) is 0 Å². The fourth-order valence-corrected chi connectivity index (χ4v) is 10.9. The van der Waals surface area contributed by atoms with Crippen LogP contribution in [0.3, 0.4) is 0 Å². The largest absolute Gasteiger partial charge is 0.456 e. The Balaban J connectivity index is 0.995. The fourth-order valence-electron chi connectivity index (χ4n) is 10.9. The van der Waals surface area contributed by atoms with Crippen LogP contribution in [0.1, 0.15) is 22.3 Å². The molecule has 0 bridgehead atoms. The zero-order valence-corrected chi connectivity index (χ0v) is 36.7. The number of furan rings is 1. The number of anilines is 3. The van der Waals surface area contributed by atoms with Crippen LogP contribution in [-0.2, 0) is 5.41 Å². The zero-order valence-electron chi connectivity index (χ0n) is 36.7. The summed E-state index contributed by atoms with van der Waals surface area (Å²) in [5, 5.41) is 4.73. The van der Waals surface area contributed by atoms with E-state index in [0.29, 0.717) is 0 Å². The third-order valence-electron chi connectivity index (χ3n) is 14.0. The lowest BCUT2D eigenvalue weighted by Gasteiger charge is -2.35. The maximum absolute atomic E-state index is 6.46. The van der Waals surface area contributed by atoms with Crippen molar-refractivity contribution in [2.45, 2.75) is 5.41 Å². The summed E-state index contributed by atoms with van der Waals surface area (Å²) >= 11 is 0. The highest BCUT2D eigenvalue weighted by Gasteiger charge is 2.46. The first-order valence-electron chi connectivity index (χ1n) is 23.1. The number of para-hydroxylation sites is 2. The van der Waals surface area contributed by atoms with Gasteiger partial charge >= 0.3 is 0 Å². The van der Waals surface area contributed by atoms with Gasteiger partial charge in [-0.2, -0.15) is 0 Å². The van der Waals surface area contributed by atoms with Crippen molar-refractivity contribution in [2.24, 2.45) is 0 Å². The van der Waals surface area contributed by atoms with E-state index in [2.05, 4.69) is 260 Å². The van der Waals surface area contributed by atoms with Crippen molar-refractivity contribution in [2.75, 3.05) is 4.90 Å². The lowest BCUT2D eigenvalue weighted by atomic mass is 9.67. The van der Waals surface area contributed by atoms with Gasteiger partial charge in [0.15, 0.2) is 0 Å². The fraction of sp³-hybridized carbons (Fsp3) is 0.0154. The van der Waals surface area contributed by atoms with Crippen LogP contribution in [0, 0.1) is 0 Å². The molecule has 314 valence electrons. The Labute approximate surface area is 390 Å². The van der Waals surface area contributed by atoms with Gasteiger partial charge in [-0.15, -0.1) is 0 Å². The van der Waals surface area contributed by atoms with Gasteiger partial charge in [0.1, 0.15) is 11.2 Å². The summed E-state index contributed by atoms with van der Waals surface area (Å²) in [5.74, 6) is 0. The van der Waals surface area contributed by atoms with Crippen molar-refractivity contribution >= 4 is 49.8 Å². The molecule has 13 rings (SSSR count). The minimum atomic E-state index is -0.542. The summed E-state index contributed by atoms with van der Waals surface area (Å²) < 4.78 is 6.46. The van der Waals surface area contributed by atoms with Crippen LogP contribution in [0.25, 0.3) is 77.2 Å². The van der Waals surface area contributed by atoms with Crippen LogP contribution >= 0.6 is 0 Å². The van der Waals surface area contributed by atoms with Gasteiger partial charge in [0, 0.05) is 27.7 Å². The van der Waals surface area contributed by atoms with Crippen LogP contribution in [-0.4, -0.2) is 0 Å².